The van der Waals surface area contributed by atoms with Crippen LogP contribution in [-0.4, -0.2) is 26.4 Å². The van der Waals surface area contributed by atoms with Gasteiger partial charge in [-0.15, -0.1) is 5.10 Å². The van der Waals surface area contributed by atoms with Crippen LogP contribution in [0.25, 0.3) is 0 Å². The topological polar surface area (TPSA) is 55.6 Å². The van der Waals surface area contributed by atoms with Crippen LogP contribution in [0, 0.1) is 0 Å². The SMILES string of the molecule is Cn1nnnc1CNc1cccc(C(F)(F)CC(F)(F)F)c1. The Labute approximate surface area is 122 Å². The molecule has 1 aromatic carbocycles. The summed E-state index contributed by atoms with van der Waals surface area (Å²) in [5, 5.41) is 13.5. The van der Waals surface area contributed by atoms with Gasteiger partial charge in [0.05, 0.1) is 6.54 Å². The third-order valence-corrected chi connectivity index (χ3v) is 2.87. The minimum absolute atomic E-state index is 0.151. The summed E-state index contributed by atoms with van der Waals surface area (Å²) in [6, 6.07) is 4.67. The van der Waals surface area contributed by atoms with Crippen LogP contribution in [0.1, 0.15) is 17.8 Å². The van der Waals surface area contributed by atoms with Gasteiger partial charge in [0.1, 0.15) is 6.42 Å². The van der Waals surface area contributed by atoms with Crippen LogP contribution in [0.3, 0.4) is 0 Å². The van der Waals surface area contributed by atoms with E-state index in [1.165, 1.54) is 16.8 Å². The molecule has 0 radical (unpaired) electrons. The van der Waals surface area contributed by atoms with Crippen molar-refractivity contribution in [1.29, 1.82) is 0 Å². The van der Waals surface area contributed by atoms with Crippen molar-refractivity contribution in [3.8, 4) is 0 Å². The number of aromatic nitrogens is 4. The summed E-state index contributed by atoms with van der Waals surface area (Å²) >= 11 is 0. The zero-order valence-corrected chi connectivity index (χ0v) is 11.4. The molecule has 5 nitrogen and oxygen atoms in total. The number of halogens is 5. The van der Waals surface area contributed by atoms with Crippen LogP contribution < -0.4 is 5.32 Å². The summed E-state index contributed by atoms with van der Waals surface area (Å²) in [6.45, 7) is 0.151. The van der Waals surface area contributed by atoms with Crippen molar-refractivity contribution in [3.05, 3.63) is 35.7 Å². The number of nitrogens with zero attached hydrogens (tertiary/aromatic N) is 4. The maximum absolute atomic E-state index is 13.6. The first kappa shape index (κ1) is 16.1. The summed E-state index contributed by atoms with van der Waals surface area (Å²) in [7, 11) is 1.60. The van der Waals surface area contributed by atoms with E-state index in [4.69, 9.17) is 0 Å². The number of alkyl halides is 5. The summed E-state index contributed by atoms with van der Waals surface area (Å²) in [6.07, 6.45) is -7.14. The van der Waals surface area contributed by atoms with Crippen LogP contribution in [0.4, 0.5) is 27.6 Å². The largest absolute Gasteiger partial charge is 0.395 e. The van der Waals surface area contributed by atoms with Gasteiger partial charge in [0.2, 0.25) is 0 Å². The van der Waals surface area contributed by atoms with Crippen molar-refractivity contribution in [1.82, 2.24) is 20.2 Å². The van der Waals surface area contributed by atoms with Gasteiger partial charge in [0.15, 0.2) is 5.82 Å². The number of benzene rings is 1. The molecule has 0 fully saturated rings. The maximum atomic E-state index is 13.6. The Bertz CT molecular complexity index is 637. The number of rotatable bonds is 5. The van der Waals surface area contributed by atoms with Crippen molar-refractivity contribution >= 4 is 5.69 Å². The van der Waals surface area contributed by atoms with E-state index in [1.807, 2.05) is 0 Å². The van der Waals surface area contributed by atoms with Gasteiger partial charge in [0, 0.05) is 18.3 Å². The Morgan fingerprint density at radius 2 is 1.91 bits per heavy atom. The van der Waals surface area contributed by atoms with Gasteiger partial charge >= 0.3 is 6.18 Å². The lowest BCUT2D eigenvalue weighted by Gasteiger charge is -2.19. The van der Waals surface area contributed by atoms with Gasteiger partial charge in [-0.25, -0.2) is 13.5 Å². The summed E-state index contributed by atoms with van der Waals surface area (Å²) in [4.78, 5) is 0. The van der Waals surface area contributed by atoms with Crippen LogP contribution in [-0.2, 0) is 19.5 Å². The maximum Gasteiger partial charge on any atom is 0.395 e. The average Bonchev–Trinajstić information content (AvgIpc) is 2.79. The van der Waals surface area contributed by atoms with Crippen molar-refractivity contribution in [2.75, 3.05) is 5.32 Å². The number of tetrazole rings is 1. The van der Waals surface area contributed by atoms with Crippen molar-refractivity contribution in [2.24, 2.45) is 7.05 Å². The monoisotopic (exact) mass is 321 g/mol. The van der Waals surface area contributed by atoms with Gasteiger partial charge in [-0.3, -0.25) is 0 Å². The molecule has 0 unspecified atom stereocenters. The predicted molar refractivity (Wildman–Crippen MR) is 67.1 cm³/mol. The van der Waals surface area contributed by atoms with E-state index >= 15 is 0 Å². The summed E-state index contributed by atoms with van der Waals surface area (Å²) < 4.78 is 65.2. The third-order valence-electron chi connectivity index (χ3n) is 2.87. The lowest BCUT2D eigenvalue weighted by atomic mass is 10.0. The van der Waals surface area contributed by atoms with E-state index < -0.39 is 24.1 Å². The molecule has 2 rings (SSSR count). The normalized spacial score (nSPS) is 12.5. The standard InChI is InChI=1S/C12H12F5N5/c1-22-10(19-20-21-22)6-18-9-4-2-3-8(5-9)11(13,14)7-12(15,16)17/h2-5,18H,6-7H2,1H3. The first-order valence-corrected chi connectivity index (χ1v) is 6.17. The highest BCUT2D eigenvalue weighted by molar-refractivity contribution is 5.46. The van der Waals surface area contributed by atoms with Gasteiger partial charge in [-0.2, -0.15) is 13.2 Å². The van der Waals surface area contributed by atoms with E-state index in [2.05, 4.69) is 20.8 Å². The predicted octanol–water partition coefficient (Wildman–Crippen LogP) is 2.87. The first-order valence-electron chi connectivity index (χ1n) is 6.17. The molecule has 0 amide bonds. The molecule has 0 spiro atoms. The van der Waals surface area contributed by atoms with E-state index in [-0.39, 0.29) is 12.2 Å². The van der Waals surface area contributed by atoms with E-state index in [9.17, 15) is 22.0 Å². The third kappa shape index (κ3) is 4.12. The fourth-order valence-electron chi connectivity index (χ4n) is 1.79. The number of hydrogen-bond donors (Lipinski definition) is 1. The van der Waals surface area contributed by atoms with Gasteiger partial charge in [-0.1, -0.05) is 12.1 Å². The van der Waals surface area contributed by atoms with Crippen LogP contribution in [0.15, 0.2) is 24.3 Å². The van der Waals surface area contributed by atoms with Gasteiger partial charge in [-0.05, 0) is 22.6 Å². The quantitative estimate of drug-likeness (QED) is 0.861. The van der Waals surface area contributed by atoms with Gasteiger partial charge < -0.3 is 5.32 Å². The molecule has 22 heavy (non-hydrogen) atoms. The Morgan fingerprint density at radius 1 is 1.18 bits per heavy atom. The average molecular weight is 321 g/mol. The number of hydrogen-bond acceptors (Lipinski definition) is 4. The fraction of sp³-hybridized carbons (Fsp3) is 0.417. The summed E-state index contributed by atoms with van der Waals surface area (Å²) in [5.41, 5.74) is -0.451. The van der Waals surface area contributed by atoms with E-state index in [0.29, 0.717) is 5.82 Å². The molecule has 1 N–H and O–H groups in total. The molecule has 0 saturated heterocycles. The molecule has 0 saturated carbocycles. The highest BCUT2D eigenvalue weighted by atomic mass is 19.4. The molecule has 1 aromatic heterocycles. The molecular formula is C12H12F5N5. The molecule has 0 aliphatic heterocycles. The molecule has 0 aliphatic carbocycles. The Balaban J connectivity index is 2.11. The lowest BCUT2D eigenvalue weighted by Crippen LogP contribution is -2.23. The van der Waals surface area contributed by atoms with Crippen molar-refractivity contribution in [2.45, 2.75) is 25.1 Å². The Kier molecular flexibility index (Phi) is 4.29. The minimum Gasteiger partial charge on any atom is -0.378 e. The molecule has 0 atom stereocenters. The second kappa shape index (κ2) is 5.85. The highest BCUT2D eigenvalue weighted by Crippen LogP contribution is 2.39. The summed E-state index contributed by atoms with van der Waals surface area (Å²) in [5.74, 6) is -3.53. The van der Waals surface area contributed by atoms with Gasteiger partial charge in [0.25, 0.3) is 5.92 Å². The Hall–Kier alpha value is -2.26. The van der Waals surface area contributed by atoms with E-state index in [1.54, 1.807) is 7.05 Å². The first-order chi connectivity index (χ1) is 10.2. The van der Waals surface area contributed by atoms with Crippen LogP contribution in [0.5, 0.6) is 0 Å². The van der Waals surface area contributed by atoms with E-state index in [0.717, 1.165) is 12.1 Å². The fourth-order valence-corrected chi connectivity index (χ4v) is 1.79. The number of aryl methyl sites for hydroxylation is 1. The molecule has 0 aliphatic rings. The molecule has 1 heterocycles. The lowest BCUT2D eigenvalue weighted by molar-refractivity contribution is -0.190. The molecule has 10 heteroatoms. The van der Waals surface area contributed by atoms with Crippen molar-refractivity contribution < 1.29 is 22.0 Å². The van der Waals surface area contributed by atoms with Crippen LogP contribution >= 0.6 is 0 Å². The second-order valence-corrected chi connectivity index (χ2v) is 4.65. The zero-order chi connectivity index (χ0) is 16.4. The smallest absolute Gasteiger partial charge is 0.378 e. The Morgan fingerprint density at radius 3 is 2.50 bits per heavy atom. The molecular weight excluding hydrogens is 309 g/mol. The van der Waals surface area contributed by atoms with Crippen LogP contribution in [0.2, 0.25) is 0 Å². The zero-order valence-electron chi connectivity index (χ0n) is 11.4. The minimum atomic E-state index is -4.95. The molecule has 120 valence electrons. The molecule has 0 bridgehead atoms. The number of anilines is 1. The van der Waals surface area contributed by atoms with Crippen molar-refractivity contribution in [3.63, 3.8) is 0 Å². The number of nitrogens with one attached hydrogen (secondary N) is 1. The molecule has 2 aromatic rings. The second-order valence-electron chi connectivity index (χ2n) is 4.65. The highest BCUT2D eigenvalue weighted by Gasteiger charge is 2.44.